The van der Waals surface area contributed by atoms with Crippen LogP contribution >= 0.6 is 53.0 Å². The Labute approximate surface area is 114 Å². The van der Waals surface area contributed by atoms with Gasteiger partial charge in [-0.25, -0.2) is 0 Å². The molecule has 0 spiro atoms. The summed E-state index contributed by atoms with van der Waals surface area (Å²) in [6, 6.07) is 12.5. The van der Waals surface area contributed by atoms with E-state index < -0.39 is 9.14 Å². The Morgan fingerprint density at radius 3 is 1.62 bits per heavy atom. The van der Waals surface area contributed by atoms with Crippen LogP contribution in [-0.2, 0) is 0 Å². The van der Waals surface area contributed by atoms with Crippen molar-refractivity contribution >= 4 is 67.8 Å². The first kappa shape index (κ1) is 17.3. The Hall–Kier alpha value is 1.27. The molecule has 0 radical (unpaired) electrons. The predicted octanol–water partition coefficient (Wildman–Crippen LogP) is 6.43. The molecule has 1 aromatic carbocycles. The molecule has 8 heteroatoms. The van der Waals surface area contributed by atoms with Crippen LogP contribution in [0.2, 0.25) is 0 Å². The summed E-state index contributed by atoms with van der Waals surface area (Å²) in [5.74, 6) is 0. The molecule has 0 amide bonds. The summed E-state index contributed by atoms with van der Waals surface area (Å²) in [4.78, 5) is 3.96. The Kier molecular flexibility index (Phi) is 5.93. The molecular formula is C8H8Cl6NSb. The van der Waals surface area contributed by atoms with Crippen molar-refractivity contribution in [2.24, 2.45) is 0 Å². The Morgan fingerprint density at radius 1 is 0.938 bits per heavy atom. The third-order valence-corrected chi connectivity index (χ3v) is 0.997. The average molecular weight is 453 g/mol. The fraction of sp³-hybridized carbons (Fsp3) is 0.125. The third-order valence-electron chi connectivity index (χ3n) is 0.997. The molecule has 0 saturated carbocycles. The first-order valence-corrected chi connectivity index (χ1v) is 23.3. The van der Waals surface area contributed by atoms with Crippen molar-refractivity contribution in [2.45, 2.75) is 6.92 Å². The molecule has 0 aliphatic rings. The molecule has 0 heterocycles. The minimum absolute atomic E-state index is 0.958. The fourth-order valence-electron chi connectivity index (χ4n) is 0.632. The van der Waals surface area contributed by atoms with E-state index in [4.69, 9.17) is 53.0 Å². The molecular weight excluding hydrogens is 445 g/mol. The van der Waals surface area contributed by atoms with E-state index in [9.17, 15) is 0 Å². The van der Waals surface area contributed by atoms with Gasteiger partial charge in [0.05, 0.1) is 6.92 Å². The summed E-state index contributed by atoms with van der Waals surface area (Å²) in [6.45, 7) is 1.78. The van der Waals surface area contributed by atoms with Crippen LogP contribution in [0.4, 0.5) is 5.69 Å². The molecule has 0 N–H and O–H groups in total. The maximum atomic E-state index is 5.06. The van der Waals surface area contributed by atoms with Crippen molar-refractivity contribution in [3.8, 4) is 6.07 Å². The van der Waals surface area contributed by atoms with Crippen molar-refractivity contribution in [3.05, 3.63) is 35.2 Å². The van der Waals surface area contributed by atoms with Gasteiger partial charge in [-0.05, 0) is 4.85 Å². The number of benzene rings is 1. The van der Waals surface area contributed by atoms with Gasteiger partial charge in [0.1, 0.15) is 0 Å². The molecule has 0 fully saturated rings. The van der Waals surface area contributed by atoms with Crippen molar-refractivity contribution in [2.75, 3.05) is 0 Å². The zero-order chi connectivity index (χ0) is 12.9. The molecule has 92 valence electrons. The topological polar surface area (TPSA) is 4.36 Å². The van der Waals surface area contributed by atoms with E-state index in [-0.39, 0.29) is 0 Å². The van der Waals surface area contributed by atoms with Gasteiger partial charge in [0.25, 0.3) is 6.07 Å². The Balaban J connectivity index is 0.000000293. The first-order valence-electron chi connectivity index (χ1n) is 3.87. The summed E-state index contributed by atoms with van der Waals surface area (Å²) in [6.07, 6.45) is 0. The number of nitrogens with zero attached hydrogens (tertiary/aromatic N) is 1. The van der Waals surface area contributed by atoms with Gasteiger partial charge >= 0.3 is 67.8 Å². The van der Waals surface area contributed by atoms with E-state index in [1.807, 2.05) is 30.3 Å². The standard InChI is InChI=1S/C8H8N.6ClH.Sb/c1-2-9-8-6-4-3-5-7-8;;;;;;;/h3-7H,1H3;6*1H;/q+1;;;;;;;+5/p-6. The number of hydrogen-bond donors (Lipinski definition) is 0. The first-order chi connectivity index (χ1) is 6.88. The van der Waals surface area contributed by atoms with Gasteiger partial charge in [-0.3, -0.25) is 0 Å². The summed E-state index contributed by atoms with van der Waals surface area (Å²) in [7, 11) is 25.0. The fourth-order valence-corrected chi connectivity index (χ4v) is 0.632. The average Bonchev–Trinajstić information content (AvgIpc) is 2.01. The van der Waals surface area contributed by atoms with Gasteiger partial charge in [0, 0.05) is 12.1 Å². The summed E-state index contributed by atoms with van der Waals surface area (Å²) >= 11 is 0. The molecule has 16 heavy (non-hydrogen) atoms. The van der Waals surface area contributed by atoms with Gasteiger partial charge in [-0.15, -0.1) is 0 Å². The van der Waals surface area contributed by atoms with Crippen molar-refractivity contribution < 1.29 is 0 Å². The Bertz CT molecular complexity index is 386. The zero-order valence-corrected chi connectivity index (χ0v) is 15.1. The second kappa shape index (κ2) is 5.50. The number of hydrogen-bond acceptors (Lipinski definition) is 0. The molecule has 0 saturated heterocycles. The molecule has 1 rings (SSSR count). The molecule has 0 aromatic heterocycles. The van der Waals surface area contributed by atoms with E-state index >= 15 is 0 Å². The Morgan fingerprint density at radius 2 is 1.31 bits per heavy atom. The van der Waals surface area contributed by atoms with Crippen molar-refractivity contribution in [1.82, 2.24) is 0 Å². The normalized spacial score (nSPS) is 14.4. The van der Waals surface area contributed by atoms with Gasteiger partial charge in [0.15, 0.2) is 0 Å². The van der Waals surface area contributed by atoms with Crippen LogP contribution < -0.4 is 0 Å². The van der Waals surface area contributed by atoms with E-state index in [0.29, 0.717) is 0 Å². The SMILES string of the molecule is CC#[N+]c1ccccc1.[Cl][Sb-]([Cl])([Cl])([Cl])([Cl])[Cl]. The van der Waals surface area contributed by atoms with Crippen LogP contribution in [-0.4, -0.2) is 9.14 Å². The number of halogens is 6. The second-order valence-electron chi connectivity index (χ2n) is 2.63. The van der Waals surface area contributed by atoms with Crippen LogP contribution in [0.5, 0.6) is 0 Å². The van der Waals surface area contributed by atoms with Crippen LogP contribution in [0.25, 0.3) is 4.85 Å². The molecule has 0 unspecified atom stereocenters. The van der Waals surface area contributed by atoms with Crippen molar-refractivity contribution in [1.29, 1.82) is 0 Å². The van der Waals surface area contributed by atoms with E-state index in [2.05, 4.69) is 10.9 Å². The molecule has 0 aliphatic carbocycles. The third kappa shape index (κ3) is 20.7. The van der Waals surface area contributed by atoms with Crippen LogP contribution in [0, 0.1) is 6.07 Å². The summed E-state index contributed by atoms with van der Waals surface area (Å²) in [5, 5.41) is 0. The predicted molar refractivity (Wildman–Crippen MR) is 79.9 cm³/mol. The van der Waals surface area contributed by atoms with Gasteiger partial charge in [0.2, 0.25) is 0 Å². The van der Waals surface area contributed by atoms with E-state index in [1.54, 1.807) is 6.92 Å². The number of rotatable bonds is 0. The minimum atomic E-state index is -5.42. The summed E-state index contributed by atoms with van der Waals surface area (Å²) in [5.41, 5.74) is 0.958. The molecule has 1 aromatic rings. The van der Waals surface area contributed by atoms with Gasteiger partial charge in [-0.2, -0.15) is 0 Å². The molecule has 0 aliphatic heterocycles. The molecule has 0 bridgehead atoms. The monoisotopic (exact) mass is 449 g/mol. The van der Waals surface area contributed by atoms with E-state index in [0.717, 1.165) is 5.69 Å². The quantitative estimate of drug-likeness (QED) is 0.400. The van der Waals surface area contributed by atoms with Crippen LogP contribution in [0.1, 0.15) is 6.92 Å². The maximum absolute atomic E-state index is 5.42. The molecule has 1 nitrogen and oxygen atoms in total. The van der Waals surface area contributed by atoms with E-state index in [1.165, 1.54) is 0 Å². The zero-order valence-electron chi connectivity index (χ0n) is 8.05. The van der Waals surface area contributed by atoms with Crippen molar-refractivity contribution in [3.63, 3.8) is 0 Å². The number of para-hydroxylation sites is 1. The molecule has 0 atom stereocenters. The van der Waals surface area contributed by atoms with Gasteiger partial charge in [-0.1, -0.05) is 18.2 Å². The van der Waals surface area contributed by atoms with Crippen LogP contribution in [0.3, 0.4) is 0 Å². The van der Waals surface area contributed by atoms with Crippen LogP contribution in [0.15, 0.2) is 30.3 Å². The second-order valence-corrected chi connectivity index (χ2v) is 59.5. The van der Waals surface area contributed by atoms with Gasteiger partial charge < -0.3 is 0 Å². The summed E-state index contributed by atoms with van der Waals surface area (Å²) < 4.78 is 0.